The summed E-state index contributed by atoms with van der Waals surface area (Å²) in [4.78, 5) is 38.5. The molecule has 3 atom stereocenters. The van der Waals surface area contributed by atoms with Crippen LogP contribution in [0.5, 0.6) is 0 Å². The zero-order chi connectivity index (χ0) is 25.7. The van der Waals surface area contributed by atoms with Gasteiger partial charge in [0.1, 0.15) is 6.61 Å². The maximum absolute atomic E-state index is 13.1. The number of aliphatic hydroxyl groups excluding tert-OH is 1. The molecule has 35 heavy (non-hydrogen) atoms. The summed E-state index contributed by atoms with van der Waals surface area (Å²) in [6.07, 6.45) is 5.28. The number of aliphatic hydroxyl groups is 1. The van der Waals surface area contributed by atoms with Gasteiger partial charge in [-0.1, -0.05) is 63.3 Å². The number of nitrogens with one attached hydrogen (secondary N) is 2. The average molecular weight is 489 g/mol. The Morgan fingerprint density at radius 1 is 1.11 bits per heavy atom. The van der Waals surface area contributed by atoms with Crippen LogP contribution < -0.4 is 10.6 Å². The van der Waals surface area contributed by atoms with Crippen LogP contribution in [0.25, 0.3) is 0 Å². The molecule has 8 heteroatoms. The molecule has 3 N–H and O–H groups in total. The van der Waals surface area contributed by atoms with E-state index in [4.69, 9.17) is 14.6 Å². The van der Waals surface area contributed by atoms with E-state index in [-0.39, 0.29) is 55.4 Å². The number of benzene rings is 1. The van der Waals surface area contributed by atoms with Crippen molar-refractivity contribution in [3.63, 3.8) is 0 Å². The van der Waals surface area contributed by atoms with E-state index >= 15 is 0 Å². The standard InChI is InChI=1S/C27H40N2O6/c1-27(2,3)23-19-35-26(33)22(17-20-9-5-4-6-10-20)12-8-7-11-21(25(32)29-23)18-24(31)28-13-15-34-16-14-30/h4-10,21-23,30H,11-19H2,1-3H3,(H,28,31)(H,29,32)/t21-,22-,23-/m1/s1. The van der Waals surface area contributed by atoms with Crippen LogP contribution >= 0.6 is 0 Å². The quantitative estimate of drug-likeness (QED) is 0.279. The van der Waals surface area contributed by atoms with E-state index in [0.29, 0.717) is 32.4 Å². The van der Waals surface area contributed by atoms with Crippen molar-refractivity contribution in [2.75, 3.05) is 33.0 Å². The third-order valence-corrected chi connectivity index (χ3v) is 6.03. The van der Waals surface area contributed by atoms with Gasteiger partial charge >= 0.3 is 5.97 Å². The molecular weight excluding hydrogens is 448 g/mol. The van der Waals surface area contributed by atoms with Crippen molar-refractivity contribution >= 4 is 17.8 Å². The largest absolute Gasteiger partial charge is 0.463 e. The van der Waals surface area contributed by atoms with E-state index in [1.54, 1.807) is 0 Å². The van der Waals surface area contributed by atoms with Crippen molar-refractivity contribution < 1.29 is 29.0 Å². The second-order valence-corrected chi connectivity index (χ2v) is 9.97. The van der Waals surface area contributed by atoms with Crippen LogP contribution in [0.4, 0.5) is 0 Å². The van der Waals surface area contributed by atoms with Crippen LogP contribution in [0.3, 0.4) is 0 Å². The van der Waals surface area contributed by atoms with Gasteiger partial charge in [0, 0.05) is 13.0 Å². The molecule has 0 fully saturated rings. The summed E-state index contributed by atoms with van der Waals surface area (Å²) in [7, 11) is 0. The van der Waals surface area contributed by atoms with E-state index < -0.39 is 12.0 Å². The molecule has 2 amide bonds. The molecule has 1 aromatic rings. The summed E-state index contributed by atoms with van der Waals surface area (Å²) in [5.74, 6) is -1.62. The Kier molecular flexibility index (Phi) is 11.9. The number of amides is 2. The predicted molar refractivity (Wildman–Crippen MR) is 133 cm³/mol. The smallest absolute Gasteiger partial charge is 0.309 e. The fourth-order valence-electron chi connectivity index (χ4n) is 3.77. The molecule has 0 bridgehead atoms. The maximum atomic E-state index is 13.1. The second kappa shape index (κ2) is 14.6. The second-order valence-electron chi connectivity index (χ2n) is 9.97. The first-order valence-electron chi connectivity index (χ1n) is 12.3. The van der Waals surface area contributed by atoms with Gasteiger partial charge < -0.3 is 25.2 Å². The highest BCUT2D eigenvalue weighted by atomic mass is 16.5. The van der Waals surface area contributed by atoms with Crippen molar-refractivity contribution in [3.8, 4) is 0 Å². The molecular formula is C27H40N2O6. The maximum Gasteiger partial charge on any atom is 0.309 e. The lowest BCUT2D eigenvalue weighted by Crippen LogP contribution is -2.50. The molecule has 0 radical (unpaired) electrons. The molecule has 1 aliphatic rings. The molecule has 1 aromatic carbocycles. The average Bonchev–Trinajstić information content (AvgIpc) is 2.81. The lowest BCUT2D eigenvalue weighted by atomic mass is 9.86. The molecule has 0 saturated heterocycles. The van der Waals surface area contributed by atoms with Crippen molar-refractivity contribution in [1.82, 2.24) is 10.6 Å². The Balaban J connectivity index is 2.11. The van der Waals surface area contributed by atoms with Gasteiger partial charge in [-0.2, -0.15) is 0 Å². The Morgan fingerprint density at radius 3 is 2.46 bits per heavy atom. The SMILES string of the molecule is CC(C)(C)[C@H]1COC(=O)[C@@H](Cc2ccccc2)CC=CC[C@H](CC(=O)NCCOCCO)C(=O)N1. The number of carbonyl (C=O) groups excluding carboxylic acids is 3. The molecule has 2 rings (SSSR count). The van der Waals surface area contributed by atoms with Gasteiger partial charge in [-0.25, -0.2) is 0 Å². The van der Waals surface area contributed by atoms with Gasteiger partial charge in [-0.15, -0.1) is 0 Å². The molecule has 0 unspecified atom stereocenters. The highest BCUT2D eigenvalue weighted by molar-refractivity contribution is 5.86. The van der Waals surface area contributed by atoms with Crippen molar-refractivity contribution in [2.24, 2.45) is 17.3 Å². The van der Waals surface area contributed by atoms with Crippen LogP contribution in [-0.4, -0.2) is 61.9 Å². The Bertz CT molecular complexity index is 834. The van der Waals surface area contributed by atoms with Gasteiger partial charge in [-0.3, -0.25) is 14.4 Å². The number of hydrogen-bond donors (Lipinski definition) is 3. The summed E-state index contributed by atoms with van der Waals surface area (Å²) in [5, 5.41) is 14.5. The minimum Gasteiger partial charge on any atom is -0.463 e. The fraction of sp³-hybridized carbons (Fsp3) is 0.593. The number of ether oxygens (including phenoxy) is 2. The number of rotatable bonds is 9. The lowest BCUT2D eigenvalue weighted by molar-refractivity contribution is -0.151. The van der Waals surface area contributed by atoms with Crippen molar-refractivity contribution in [3.05, 3.63) is 48.0 Å². The lowest BCUT2D eigenvalue weighted by Gasteiger charge is -2.33. The van der Waals surface area contributed by atoms with Gasteiger partial charge in [0.05, 0.1) is 37.7 Å². The minimum absolute atomic E-state index is 0.0419. The van der Waals surface area contributed by atoms with Crippen LogP contribution in [0.1, 0.15) is 45.6 Å². The Hall–Kier alpha value is -2.71. The molecule has 0 aromatic heterocycles. The van der Waals surface area contributed by atoms with E-state index in [2.05, 4.69) is 10.6 Å². The van der Waals surface area contributed by atoms with Crippen molar-refractivity contribution in [2.45, 2.75) is 52.5 Å². The number of esters is 1. The summed E-state index contributed by atoms with van der Waals surface area (Å²) >= 11 is 0. The van der Waals surface area contributed by atoms with Crippen molar-refractivity contribution in [1.29, 1.82) is 0 Å². The predicted octanol–water partition coefficient (Wildman–Crippen LogP) is 2.40. The van der Waals surface area contributed by atoms with Crippen LogP contribution in [0, 0.1) is 17.3 Å². The van der Waals surface area contributed by atoms with Crippen LogP contribution in [0.15, 0.2) is 42.5 Å². The minimum atomic E-state index is -0.544. The monoisotopic (exact) mass is 488 g/mol. The number of carbonyl (C=O) groups is 3. The summed E-state index contributed by atoms with van der Waals surface area (Å²) in [5.41, 5.74) is 0.718. The van der Waals surface area contributed by atoms with E-state index in [9.17, 15) is 14.4 Å². The molecule has 0 saturated carbocycles. The summed E-state index contributed by atoms with van der Waals surface area (Å²) < 4.78 is 10.8. The third-order valence-electron chi connectivity index (χ3n) is 6.03. The van der Waals surface area contributed by atoms with Gasteiger partial charge in [0.15, 0.2) is 0 Å². The number of hydrogen-bond acceptors (Lipinski definition) is 6. The zero-order valence-electron chi connectivity index (χ0n) is 21.1. The first kappa shape index (κ1) is 28.5. The molecule has 0 aliphatic carbocycles. The molecule has 0 spiro atoms. The highest BCUT2D eigenvalue weighted by Crippen LogP contribution is 2.23. The Labute approximate surface area is 208 Å². The highest BCUT2D eigenvalue weighted by Gasteiger charge is 2.32. The molecule has 1 aliphatic heterocycles. The van der Waals surface area contributed by atoms with Gasteiger partial charge in [-0.05, 0) is 30.2 Å². The first-order valence-corrected chi connectivity index (χ1v) is 12.3. The zero-order valence-corrected chi connectivity index (χ0v) is 21.1. The topological polar surface area (TPSA) is 114 Å². The summed E-state index contributed by atoms with van der Waals surface area (Å²) in [6, 6.07) is 9.44. The van der Waals surface area contributed by atoms with Gasteiger partial charge in [0.25, 0.3) is 0 Å². The Morgan fingerprint density at radius 2 is 1.80 bits per heavy atom. The van der Waals surface area contributed by atoms with Crippen LogP contribution in [-0.2, 0) is 30.3 Å². The third kappa shape index (κ3) is 10.6. The van der Waals surface area contributed by atoms with Crippen LogP contribution in [0.2, 0.25) is 0 Å². The fourth-order valence-corrected chi connectivity index (χ4v) is 3.77. The molecule has 8 nitrogen and oxygen atoms in total. The van der Waals surface area contributed by atoms with E-state index in [0.717, 1.165) is 5.56 Å². The molecule has 1 heterocycles. The number of allylic oxidation sites excluding steroid dienone is 2. The molecule has 194 valence electrons. The van der Waals surface area contributed by atoms with E-state index in [1.807, 2.05) is 63.3 Å². The number of cyclic esters (lactones) is 1. The van der Waals surface area contributed by atoms with E-state index in [1.165, 1.54) is 0 Å². The normalized spacial score (nSPS) is 21.9. The van der Waals surface area contributed by atoms with Gasteiger partial charge in [0.2, 0.25) is 11.8 Å². The first-order chi connectivity index (χ1) is 16.7. The summed E-state index contributed by atoms with van der Waals surface area (Å²) in [6.45, 7) is 6.76.